The first-order valence-corrected chi connectivity index (χ1v) is 6.78. The fourth-order valence-corrected chi connectivity index (χ4v) is 2.10. The molecule has 0 saturated heterocycles. The Labute approximate surface area is 119 Å². The molecule has 1 amide bonds. The van der Waals surface area contributed by atoms with Crippen LogP contribution < -0.4 is 11.1 Å². The summed E-state index contributed by atoms with van der Waals surface area (Å²) in [4.78, 5) is 12.3. The third-order valence-corrected chi connectivity index (χ3v) is 3.49. The van der Waals surface area contributed by atoms with Gasteiger partial charge in [-0.2, -0.15) is 0 Å². The highest BCUT2D eigenvalue weighted by Gasteiger charge is 2.17. The second kappa shape index (κ2) is 6.24. The number of amides is 1. The number of nitrogens with one attached hydrogen (secondary N) is 1. The van der Waals surface area contributed by atoms with Crippen LogP contribution in [0.25, 0.3) is 0 Å². The van der Waals surface area contributed by atoms with Gasteiger partial charge in [0.05, 0.1) is 12.0 Å². The van der Waals surface area contributed by atoms with Gasteiger partial charge in [0, 0.05) is 5.69 Å². The van der Waals surface area contributed by atoms with Crippen molar-refractivity contribution in [1.82, 2.24) is 5.32 Å². The van der Waals surface area contributed by atoms with Crippen LogP contribution in [0, 0.1) is 0 Å². The molecule has 0 aliphatic heterocycles. The number of hydrogen-bond acceptors (Lipinski definition) is 2. The molecule has 20 heavy (non-hydrogen) atoms. The van der Waals surface area contributed by atoms with E-state index in [0.717, 1.165) is 16.8 Å². The summed E-state index contributed by atoms with van der Waals surface area (Å²) < 4.78 is 0. The highest BCUT2D eigenvalue weighted by molar-refractivity contribution is 5.83. The van der Waals surface area contributed by atoms with Gasteiger partial charge in [-0.3, -0.25) is 4.79 Å². The highest BCUT2D eigenvalue weighted by Crippen LogP contribution is 2.18. The van der Waals surface area contributed by atoms with E-state index < -0.39 is 0 Å². The van der Waals surface area contributed by atoms with E-state index in [1.54, 1.807) is 0 Å². The third-order valence-electron chi connectivity index (χ3n) is 3.49. The Bertz CT molecular complexity index is 563. The lowest BCUT2D eigenvalue weighted by atomic mass is 9.99. The Morgan fingerprint density at radius 3 is 2.15 bits per heavy atom. The molecule has 2 aromatic rings. The van der Waals surface area contributed by atoms with Gasteiger partial charge in [-0.15, -0.1) is 0 Å². The van der Waals surface area contributed by atoms with Crippen molar-refractivity contribution in [3.8, 4) is 0 Å². The molecule has 0 spiro atoms. The van der Waals surface area contributed by atoms with Crippen LogP contribution in [-0.2, 0) is 4.79 Å². The fraction of sp³-hybridized carbons (Fsp3) is 0.235. The topological polar surface area (TPSA) is 55.1 Å². The number of nitrogen functional groups attached to an aromatic ring is 1. The van der Waals surface area contributed by atoms with Crippen LogP contribution in [-0.4, -0.2) is 5.91 Å². The molecule has 2 atom stereocenters. The molecule has 0 bridgehead atoms. The van der Waals surface area contributed by atoms with Crippen molar-refractivity contribution >= 4 is 11.6 Å². The lowest BCUT2D eigenvalue weighted by Gasteiger charge is -2.18. The van der Waals surface area contributed by atoms with E-state index in [4.69, 9.17) is 5.73 Å². The molecule has 2 aromatic carbocycles. The van der Waals surface area contributed by atoms with Crippen LogP contribution in [0.3, 0.4) is 0 Å². The smallest absolute Gasteiger partial charge is 0.227 e. The van der Waals surface area contributed by atoms with Gasteiger partial charge in [-0.25, -0.2) is 0 Å². The fourth-order valence-electron chi connectivity index (χ4n) is 2.10. The summed E-state index contributed by atoms with van der Waals surface area (Å²) in [6, 6.07) is 17.3. The van der Waals surface area contributed by atoms with Gasteiger partial charge in [-0.05, 0) is 37.1 Å². The number of carbonyl (C=O) groups is 1. The van der Waals surface area contributed by atoms with Gasteiger partial charge in [0.15, 0.2) is 0 Å². The number of benzene rings is 2. The maximum atomic E-state index is 12.3. The molecule has 3 N–H and O–H groups in total. The van der Waals surface area contributed by atoms with Crippen molar-refractivity contribution in [2.24, 2.45) is 0 Å². The van der Waals surface area contributed by atoms with Crippen molar-refractivity contribution in [3.63, 3.8) is 0 Å². The Morgan fingerprint density at radius 1 is 0.950 bits per heavy atom. The van der Waals surface area contributed by atoms with Crippen LogP contribution >= 0.6 is 0 Å². The van der Waals surface area contributed by atoms with E-state index in [1.807, 2.05) is 68.4 Å². The molecule has 0 saturated carbocycles. The normalized spacial score (nSPS) is 13.5. The minimum Gasteiger partial charge on any atom is -0.399 e. The zero-order chi connectivity index (χ0) is 14.5. The summed E-state index contributed by atoms with van der Waals surface area (Å²) in [7, 11) is 0. The zero-order valence-corrected chi connectivity index (χ0v) is 11.8. The third kappa shape index (κ3) is 3.38. The van der Waals surface area contributed by atoms with Crippen molar-refractivity contribution < 1.29 is 4.79 Å². The quantitative estimate of drug-likeness (QED) is 0.836. The highest BCUT2D eigenvalue weighted by atomic mass is 16.1. The van der Waals surface area contributed by atoms with Crippen molar-refractivity contribution in [2.45, 2.75) is 25.8 Å². The Kier molecular flexibility index (Phi) is 4.41. The van der Waals surface area contributed by atoms with E-state index in [9.17, 15) is 4.79 Å². The second-order valence-corrected chi connectivity index (χ2v) is 5.03. The Balaban J connectivity index is 2.02. The van der Waals surface area contributed by atoms with E-state index in [2.05, 4.69) is 5.32 Å². The summed E-state index contributed by atoms with van der Waals surface area (Å²) in [5.41, 5.74) is 8.46. The van der Waals surface area contributed by atoms with Crippen LogP contribution in [0.5, 0.6) is 0 Å². The summed E-state index contributed by atoms with van der Waals surface area (Å²) in [6.07, 6.45) is 0. The monoisotopic (exact) mass is 268 g/mol. The molecule has 2 unspecified atom stereocenters. The Hall–Kier alpha value is -2.29. The van der Waals surface area contributed by atoms with E-state index in [1.165, 1.54) is 0 Å². The first-order chi connectivity index (χ1) is 9.58. The van der Waals surface area contributed by atoms with Crippen LogP contribution in [0.1, 0.15) is 36.9 Å². The molecule has 0 aliphatic rings. The van der Waals surface area contributed by atoms with E-state index >= 15 is 0 Å². The summed E-state index contributed by atoms with van der Waals surface area (Å²) in [6.45, 7) is 3.89. The molecule has 0 aromatic heterocycles. The first-order valence-electron chi connectivity index (χ1n) is 6.78. The second-order valence-electron chi connectivity index (χ2n) is 5.03. The van der Waals surface area contributed by atoms with Crippen LogP contribution in [0.15, 0.2) is 54.6 Å². The average Bonchev–Trinajstić information content (AvgIpc) is 2.48. The zero-order valence-electron chi connectivity index (χ0n) is 11.8. The summed E-state index contributed by atoms with van der Waals surface area (Å²) >= 11 is 0. The lowest BCUT2D eigenvalue weighted by Crippen LogP contribution is -2.30. The maximum Gasteiger partial charge on any atom is 0.227 e. The predicted octanol–water partition coefficient (Wildman–Crippen LogP) is 3.25. The average molecular weight is 268 g/mol. The van der Waals surface area contributed by atoms with Gasteiger partial charge < -0.3 is 11.1 Å². The van der Waals surface area contributed by atoms with Gasteiger partial charge in [0.1, 0.15) is 0 Å². The lowest BCUT2D eigenvalue weighted by molar-refractivity contribution is -0.122. The van der Waals surface area contributed by atoms with Gasteiger partial charge in [0.25, 0.3) is 0 Å². The largest absolute Gasteiger partial charge is 0.399 e. The number of hydrogen-bond donors (Lipinski definition) is 2. The molecule has 3 heteroatoms. The maximum absolute atomic E-state index is 12.3. The molecule has 0 heterocycles. The molecule has 0 fully saturated rings. The van der Waals surface area contributed by atoms with E-state index in [-0.39, 0.29) is 17.9 Å². The van der Waals surface area contributed by atoms with Gasteiger partial charge in [-0.1, -0.05) is 42.5 Å². The predicted molar refractivity (Wildman–Crippen MR) is 82.3 cm³/mol. The van der Waals surface area contributed by atoms with Crippen molar-refractivity contribution in [1.29, 1.82) is 0 Å². The summed E-state index contributed by atoms with van der Waals surface area (Å²) in [5.74, 6) is -0.132. The van der Waals surface area contributed by atoms with Crippen molar-refractivity contribution in [2.75, 3.05) is 5.73 Å². The molecular weight excluding hydrogens is 248 g/mol. The number of nitrogens with two attached hydrogens (primary N) is 1. The minimum atomic E-state index is -0.160. The van der Waals surface area contributed by atoms with Crippen molar-refractivity contribution in [3.05, 3.63) is 65.7 Å². The van der Waals surface area contributed by atoms with Crippen LogP contribution in [0.2, 0.25) is 0 Å². The SMILES string of the molecule is CC(NC(=O)C(C)c1ccccc1)c1ccc(N)cc1. The number of rotatable bonds is 4. The molecule has 0 aliphatic carbocycles. The molecular formula is C17H20N2O. The molecule has 104 valence electrons. The number of carbonyl (C=O) groups excluding carboxylic acids is 1. The van der Waals surface area contributed by atoms with Gasteiger partial charge in [0.2, 0.25) is 5.91 Å². The molecule has 2 rings (SSSR count). The molecule has 3 nitrogen and oxygen atoms in total. The van der Waals surface area contributed by atoms with Gasteiger partial charge >= 0.3 is 0 Å². The Morgan fingerprint density at radius 2 is 1.55 bits per heavy atom. The minimum absolute atomic E-state index is 0.0283. The molecule has 0 radical (unpaired) electrons. The van der Waals surface area contributed by atoms with E-state index in [0.29, 0.717) is 0 Å². The standard InChI is InChI=1S/C17H20N2O/c1-12(14-6-4-3-5-7-14)17(20)19-13(2)15-8-10-16(18)11-9-15/h3-13H,18H2,1-2H3,(H,19,20). The number of anilines is 1. The van der Waals surface area contributed by atoms with Crippen LogP contribution in [0.4, 0.5) is 5.69 Å². The first kappa shape index (κ1) is 14.1. The summed E-state index contributed by atoms with van der Waals surface area (Å²) in [5, 5.41) is 3.03.